The Morgan fingerprint density at radius 2 is 2.29 bits per heavy atom. The first kappa shape index (κ1) is 11.8. The molecular weight excluding hydrogens is 264 g/mol. The van der Waals surface area contributed by atoms with E-state index in [4.69, 9.17) is 5.11 Å². The molecule has 1 atom stereocenters. The summed E-state index contributed by atoms with van der Waals surface area (Å²) in [5, 5.41) is 9.11. The van der Waals surface area contributed by atoms with Crippen LogP contribution in [0.5, 0.6) is 0 Å². The van der Waals surface area contributed by atoms with Crippen molar-refractivity contribution < 1.29 is 9.90 Å². The summed E-state index contributed by atoms with van der Waals surface area (Å²) in [6, 6.07) is 5.21. The number of halogens is 1. The molecule has 0 fully saturated rings. The second-order valence-electron chi connectivity index (χ2n) is 2.94. The fourth-order valence-electron chi connectivity index (χ4n) is 1.19. The van der Waals surface area contributed by atoms with Gasteiger partial charge in [0, 0.05) is 16.0 Å². The van der Waals surface area contributed by atoms with Crippen molar-refractivity contribution in [3.8, 4) is 0 Å². The van der Waals surface area contributed by atoms with Crippen LogP contribution in [0.4, 0.5) is 0 Å². The Morgan fingerprint density at radius 1 is 1.64 bits per heavy atom. The predicted molar refractivity (Wildman–Crippen MR) is 62.3 cm³/mol. The topological polar surface area (TPSA) is 37.3 Å². The fourth-order valence-corrected chi connectivity index (χ4v) is 1.71. The molecule has 1 unspecified atom stereocenters. The molecule has 1 rings (SSSR count). The van der Waals surface area contributed by atoms with Gasteiger partial charge in [0.2, 0.25) is 0 Å². The lowest BCUT2D eigenvalue weighted by molar-refractivity contribution is 0.0992. The van der Waals surface area contributed by atoms with E-state index in [0.717, 1.165) is 0 Å². The largest absolute Gasteiger partial charge is 0.392 e. The maximum Gasteiger partial charge on any atom is 0.176 e. The first-order chi connectivity index (χ1) is 6.57. The molecule has 14 heavy (non-hydrogen) atoms. The SMILES string of the molecule is CC(Br)C(=O)c1cccc(S)c1CO. The van der Waals surface area contributed by atoms with Gasteiger partial charge in [-0.1, -0.05) is 28.1 Å². The van der Waals surface area contributed by atoms with Crippen molar-refractivity contribution in [1.29, 1.82) is 0 Å². The third kappa shape index (κ3) is 2.38. The monoisotopic (exact) mass is 274 g/mol. The van der Waals surface area contributed by atoms with Gasteiger partial charge in [-0.3, -0.25) is 4.79 Å². The van der Waals surface area contributed by atoms with Gasteiger partial charge in [0.05, 0.1) is 11.4 Å². The van der Waals surface area contributed by atoms with Crippen molar-refractivity contribution in [2.75, 3.05) is 0 Å². The Kier molecular flexibility index (Phi) is 4.16. The van der Waals surface area contributed by atoms with E-state index in [9.17, 15) is 4.79 Å². The highest BCUT2D eigenvalue weighted by Crippen LogP contribution is 2.21. The van der Waals surface area contributed by atoms with Crippen molar-refractivity contribution in [3.05, 3.63) is 29.3 Å². The lowest BCUT2D eigenvalue weighted by atomic mass is 10.0. The van der Waals surface area contributed by atoms with E-state index in [1.165, 1.54) is 0 Å². The van der Waals surface area contributed by atoms with Crippen LogP contribution in [-0.4, -0.2) is 15.7 Å². The Bertz CT molecular complexity index is 350. The van der Waals surface area contributed by atoms with Gasteiger partial charge in [-0.15, -0.1) is 12.6 Å². The highest BCUT2D eigenvalue weighted by molar-refractivity contribution is 9.10. The fraction of sp³-hybridized carbons (Fsp3) is 0.300. The minimum atomic E-state index is -0.247. The summed E-state index contributed by atoms with van der Waals surface area (Å²) in [6.45, 7) is 1.59. The van der Waals surface area contributed by atoms with Crippen molar-refractivity contribution >= 4 is 34.3 Å². The van der Waals surface area contributed by atoms with Crippen molar-refractivity contribution in [1.82, 2.24) is 0 Å². The molecule has 1 aromatic carbocycles. The lowest BCUT2D eigenvalue weighted by Gasteiger charge is -2.09. The molecule has 0 saturated heterocycles. The average Bonchev–Trinajstić information content (AvgIpc) is 2.16. The molecule has 0 aliphatic carbocycles. The molecule has 4 heteroatoms. The van der Waals surface area contributed by atoms with E-state index < -0.39 is 0 Å². The summed E-state index contributed by atoms with van der Waals surface area (Å²) < 4.78 is 0. The first-order valence-corrected chi connectivity index (χ1v) is 5.54. The zero-order chi connectivity index (χ0) is 10.7. The van der Waals surface area contributed by atoms with Gasteiger partial charge in [0.25, 0.3) is 0 Å². The van der Waals surface area contributed by atoms with Gasteiger partial charge in [-0.25, -0.2) is 0 Å². The van der Waals surface area contributed by atoms with Crippen molar-refractivity contribution in [2.24, 2.45) is 0 Å². The number of carbonyl (C=O) groups excluding carboxylic acids is 1. The standard InChI is InChI=1S/C10H11BrO2S/c1-6(11)10(13)7-3-2-4-9(14)8(7)5-12/h2-4,6,12,14H,5H2,1H3. The van der Waals surface area contributed by atoms with Crippen LogP contribution < -0.4 is 0 Å². The van der Waals surface area contributed by atoms with Gasteiger partial charge in [0.15, 0.2) is 5.78 Å². The van der Waals surface area contributed by atoms with Crippen LogP contribution in [0.1, 0.15) is 22.8 Å². The Balaban J connectivity index is 3.20. The second-order valence-corrected chi connectivity index (χ2v) is 4.80. The molecule has 1 N–H and O–H groups in total. The first-order valence-electron chi connectivity index (χ1n) is 4.18. The minimum Gasteiger partial charge on any atom is -0.392 e. The predicted octanol–water partition coefficient (Wildman–Crippen LogP) is 2.43. The van der Waals surface area contributed by atoms with Gasteiger partial charge >= 0.3 is 0 Å². The summed E-state index contributed by atoms with van der Waals surface area (Å²) in [5.41, 5.74) is 1.12. The zero-order valence-corrected chi connectivity index (χ0v) is 10.2. The van der Waals surface area contributed by atoms with Gasteiger partial charge in [0.1, 0.15) is 0 Å². The number of thiol groups is 1. The second kappa shape index (κ2) is 4.96. The number of alkyl halides is 1. The third-order valence-electron chi connectivity index (χ3n) is 1.94. The summed E-state index contributed by atoms with van der Waals surface area (Å²) in [6.07, 6.45) is 0. The number of rotatable bonds is 3. The normalized spacial score (nSPS) is 12.6. The van der Waals surface area contributed by atoms with E-state index in [-0.39, 0.29) is 17.2 Å². The average molecular weight is 275 g/mol. The number of Topliss-reactive ketones (excluding diaryl/α,β-unsaturated/α-hetero) is 1. The van der Waals surface area contributed by atoms with Crippen LogP contribution in [0.3, 0.4) is 0 Å². The Labute approximate surface area is 96.9 Å². The quantitative estimate of drug-likeness (QED) is 0.505. The van der Waals surface area contributed by atoms with Crippen LogP contribution in [-0.2, 0) is 6.61 Å². The van der Waals surface area contributed by atoms with Crippen LogP contribution in [0.25, 0.3) is 0 Å². The highest BCUT2D eigenvalue weighted by atomic mass is 79.9. The Morgan fingerprint density at radius 3 is 2.79 bits per heavy atom. The summed E-state index contributed by atoms with van der Waals surface area (Å²) in [7, 11) is 0. The molecule has 76 valence electrons. The Hall–Kier alpha value is -0.320. The molecule has 0 heterocycles. The van der Waals surface area contributed by atoms with Gasteiger partial charge in [-0.05, 0) is 13.0 Å². The molecule has 0 amide bonds. The van der Waals surface area contributed by atoms with E-state index >= 15 is 0 Å². The summed E-state index contributed by atoms with van der Waals surface area (Å²) in [4.78, 5) is 12.1. The highest BCUT2D eigenvalue weighted by Gasteiger charge is 2.16. The molecule has 0 spiro atoms. The number of aliphatic hydroxyl groups is 1. The van der Waals surface area contributed by atoms with E-state index in [1.54, 1.807) is 25.1 Å². The summed E-state index contributed by atoms with van der Waals surface area (Å²) >= 11 is 7.39. The number of benzene rings is 1. The molecule has 0 aromatic heterocycles. The molecule has 0 radical (unpaired) electrons. The molecular formula is C10H11BrO2S. The smallest absolute Gasteiger partial charge is 0.176 e. The number of carbonyl (C=O) groups is 1. The molecule has 0 bridgehead atoms. The lowest BCUT2D eigenvalue weighted by Crippen LogP contribution is -2.13. The van der Waals surface area contributed by atoms with Crippen LogP contribution in [0, 0.1) is 0 Å². The van der Waals surface area contributed by atoms with Crippen LogP contribution in [0.15, 0.2) is 23.1 Å². The third-order valence-corrected chi connectivity index (χ3v) is 2.77. The van der Waals surface area contributed by atoms with E-state index in [1.807, 2.05) is 0 Å². The maximum absolute atomic E-state index is 11.7. The molecule has 0 saturated carbocycles. The van der Waals surface area contributed by atoms with E-state index in [2.05, 4.69) is 28.6 Å². The maximum atomic E-state index is 11.7. The molecule has 2 nitrogen and oxygen atoms in total. The van der Waals surface area contributed by atoms with E-state index in [0.29, 0.717) is 16.0 Å². The molecule has 0 aliphatic heterocycles. The summed E-state index contributed by atoms with van der Waals surface area (Å²) in [5.74, 6) is -0.0371. The van der Waals surface area contributed by atoms with Crippen LogP contribution >= 0.6 is 28.6 Å². The molecule has 0 aliphatic rings. The zero-order valence-electron chi connectivity index (χ0n) is 7.70. The number of hydrogen-bond donors (Lipinski definition) is 2. The van der Waals surface area contributed by atoms with Crippen molar-refractivity contribution in [3.63, 3.8) is 0 Å². The van der Waals surface area contributed by atoms with Gasteiger partial charge in [-0.2, -0.15) is 0 Å². The number of aliphatic hydroxyl groups excluding tert-OH is 1. The minimum absolute atomic E-state index is 0.0371. The molecule has 1 aromatic rings. The van der Waals surface area contributed by atoms with Gasteiger partial charge < -0.3 is 5.11 Å². The van der Waals surface area contributed by atoms with Crippen LogP contribution in [0.2, 0.25) is 0 Å². The number of hydrogen-bond acceptors (Lipinski definition) is 3. The van der Waals surface area contributed by atoms with Crippen molar-refractivity contribution in [2.45, 2.75) is 23.3 Å². The number of ketones is 1.